The van der Waals surface area contributed by atoms with Crippen molar-refractivity contribution in [3.63, 3.8) is 0 Å². The number of hydrogen-bond donors (Lipinski definition) is 1. The summed E-state index contributed by atoms with van der Waals surface area (Å²) in [5, 5.41) is 7.73. The van der Waals surface area contributed by atoms with Gasteiger partial charge in [0, 0.05) is 6.20 Å². The summed E-state index contributed by atoms with van der Waals surface area (Å²) in [4.78, 5) is 7.48. The Hall–Kier alpha value is -0.900. The molecule has 1 heterocycles. The molecule has 1 aliphatic rings. The largest absolute Gasteiger partial charge is 0.281 e. The maximum atomic E-state index is 7.11. The van der Waals surface area contributed by atoms with Gasteiger partial charge in [-0.3, -0.25) is 5.41 Å². The van der Waals surface area contributed by atoms with Crippen LogP contribution in [0.25, 0.3) is 0 Å². The Morgan fingerprint density at radius 2 is 2.36 bits per heavy atom. The number of amidine groups is 1. The molecule has 0 atom stereocenters. The van der Waals surface area contributed by atoms with Crippen molar-refractivity contribution in [1.29, 1.82) is 5.41 Å². The summed E-state index contributed by atoms with van der Waals surface area (Å²) in [6, 6.07) is 0. The molecular formula is C7H11N3S. The summed E-state index contributed by atoms with van der Waals surface area (Å²) in [6.45, 7) is 7.41. The normalized spacial score (nSPS) is 18.0. The van der Waals surface area contributed by atoms with Crippen molar-refractivity contribution < 1.29 is 0 Å². The van der Waals surface area contributed by atoms with Gasteiger partial charge < -0.3 is 0 Å². The molecule has 11 heavy (non-hydrogen) atoms. The van der Waals surface area contributed by atoms with Crippen molar-refractivity contribution in [1.82, 2.24) is 0 Å². The Morgan fingerprint density at radius 1 is 1.73 bits per heavy atom. The maximum absolute atomic E-state index is 7.11. The van der Waals surface area contributed by atoms with E-state index in [1.165, 1.54) is 18.0 Å². The molecule has 1 N–H and O–H groups in total. The topological polar surface area (TPSA) is 48.6 Å². The van der Waals surface area contributed by atoms with E-state index in [0.29, 0.717) is 5.04 Å². The van der Waals surface area contributed by atoms with Crippen LogP contribution in [0.3, 0.4) is 0 Å². The SMILES string of the molecule is C=CN=C1SC=NC1=N.CC. The zero-order valence-electron chi connectivity index (χ0n) is 6.66. The summed E-state index contributed by atoms with van der Waals surface area (Å²) in [5.74, 6) is 0.222. The Morgan fingerprint density at radius 3 is 2.73 bits per heavy atom. The number of rotatable bonds is 1. The lowest BCUT2D eigenvalue weighted by Crippen LogP contribution is -1.98. The molecule has 0 radical (unpaired) electrons. The van der Waals surface area contributed by atoms with Crippen molar-refractivity contribution >= 4 is 28.2 Å². The molecule has 0 aromatic heterocycles. The third-order valence-electron chi connectivity index (χ3n) is 0.757. The molecule has 0 aromatic rings. The fourth-order valence-electron chi connectivity index (χ4n) is 0.414. The second-order valence-electron chi connectivity index (χ2n) is 1.32. The van der Waals surface area contributed by atoms with E-state index in [0.717, 1.165) is 0 Å². The minimum absolute atomic E-state index is 0.222. The molecule has 0 amide bonds. The molecule has 0 fully saturated rings. The number of thioether (sulfide) groups is 1. The van der Waals surface area contributed by atoms with Crippen LogP contribution in [0.15, 0.2) is 22.8 Å². The van der Waals surface area contributed by atoms with Gasteiger partial charge in [-0.2, -0.15) is 0 Å². The Bertz CT molecular complexity index is 206. The van der Waals surface area contributed by atoms with Gasteiger partial charge in [-0.05, 0) is 0 Å². The minimum atomic E-state index is 0.222. The lowest BCUT2D eigenvalue weighted by Gasteiger charge is -1.85. The zero-order valence-corrected chi connectivity index (χ0v) is 7.48. The number of nitrogens with one attached hydrogen (secondary N) is 1. The molecular weight excluding hydrogens is 158 g/mol. The van der Waals surface area contributed by atoms with E-state index in [9.17, 15) is 0 Å². The predicted molar refractivity (Wildman–Crippen MR) is 52.8 cm³/mol. The number of aliphatic imine (C=N–C) groups is 2. The van der Waals surface area contributed by atoms with Crippen LogP contribution < -0.4 is 0 Å². The van der Waals surface area contributed by atoms with Crippen molar-refractivity contribution in [2.75, 3.05) is 0 Å². The molecule has 0 aliphatic carbocycles. The van der Waals surface area contributed by atoms with Gasteiger partial charge in [-0.15, -0.1) is 0 Å². The molecule has 0 saturated heterocycles. The molecule has 4 heteroatoms. The molecule has 0 spiro atoms. The Kier molecular flexibility index (Phi) is 5.37. The zero-order chi connectivity index (χ0) is 8.69. The van der Waals surface area contributed by atoms with Crippen molar-refractivity contribution in [3.8, 4) is 0 Å². The Labute approximate surface area is 70.8 Å². The summed E-state index contributed by atoms with van der Waals surface area (Å²) in [6.07, 6.45) is 1.41. The summed E-state index contributed by atoms with van der Waals surface area (Å²) in [5.41, 5.74) is 1.59. The molecule has 1 rings (SSSR count). The predicted octanol–water partition coefficient (Wildman–Crippen LogP) is 2.31. The second-order valence-corrected chi connectivity index (χ2v) is 2.15. The first-order valence-corrected chi connectivity index (χ1v) is 4.19. The van der Waals surface area contributed by atoms with Crippen LogP contribution >= 0.6 is 11.8 Å². The van der Waals surface area contributed by atoms with Gasteiger partial charge in [0.2, 0.25) is 0 Å². The average Bonchev–Trinajstić information content (AvgIpc) is 2.42. The minimum Gasteiger partial charge on any atom is -0.281 e. The smallest absolute Gasteiger partial charge is 0.178 e. The van der Waals surface area contributed by atoms with Crippen molar-refractivity contribution in [2.45, 2.75) is 13.8 Å². The summed E-state index contributed by atoms with van der Waals surface area (Å²) in [7, 11) is 0. The lowest BCUT2D eigenvalue weighted by molar-refractivity contribution is 1.48. The molecule has 0 saturated carbocycles. The lowest BCUT2D eigenvalue weighted by atomic mass is 10.6. The highest BCUT2D eigenvalue weighted by atomic mass is 32.2. The first-order chi connectivity index (χ1) is 5.34. The number of nitrogens with zero attached hydrogens (tertiary/aromatic N) is 2. The van der Waals surface area contributed by atoms with Crippen LogP contribution in [0.1, 0.15) is 13.8 Å². The Balaban J connectivity index is 0.000000461. The molecule has 0 unspecified atom stereocenters. The van der Waals surface area contributed by atoms with E-state index in [4.69, 9.17) is 5.41 Å². The fraction of sp³-hybridized carbons (Fsp3) is 0.286. The third kappa shape index (κ3) is 3.13. The highest BCUT2D eigenvalue weighted by Crippen LogP contribution is 2.09. The van der Waals surface area contributed by atoms with E-state index >= 15 is 0 Å². The van der Waals surface area contributed by atoms with Gasteiger partial charge in [-0.1, -0.05) is 32.2 Å². The highest BCUT2D eigenvalue weighted by Gasteiger charge is 2.09. The van der Waals surface area contributed by atoms with E-state index < -0.39 is 0 Å². The van der Waals surface area contributed by atoms with Gasteiger partial charge >= 0.3 is 0 Å². The molecule has 0 aromatic carbocycles. The van der Waals surface area contributed by atoms with Crippen LogP contribution in [-0.4, -0.2) is 16.4 Å². The first-order valence-electron chi connectivity index (χ1n) is 3.31. The summed E-state index contributed by atoms with van der Waals surface area (Å²) < 4.78 is 0. The third-order valence-corrected chi connectivity index (χ3v) is 1.49. The standard InChI is InChI=1S/C5H5N3S.C2H6/c1-2-7-5-4(6)8-3-9-5;1-2/h2-3,6H,1H2;1-2H3. The van der Waals surface area contributed by atoms with E-state index in [1.54, 1.807) is 5.55 Å². The molecule has 0 bridgehead atoms. The maximum Gasteiger partial charge on any atom is 0.178 e. The van der Waals surface area contributed by atoms with Crippen molar-refractivity contribution in [2.24, 2.45) is 9.98 Å². The van der Waals surface area contributed by atoms with E-state index in [2.05, 4.69) is 16.6 Å². The number of hydrogen-bond acceptors (Lipinski definition) is 3. The van der Waals surface area contributed by atoms with Crippen LogP contribution in [0.5, 0.6) is 0 Å². The van der Waals surface area contributed by atoms with Crippen LogP contribution in [0, 0.1) is 5.41 Å². The van der Waals surface area contributed by atoms with E-state index in [-0.39, 0.29) is 5.84 Å². The van der Waals surface area contributed by atoms with E-state index in [1.807, 2.05) is 13.8 Å². The molecule has 1 aliphatic heterocycles. The average molecular weight is 169 g/mol. The van der Waals surface area contributed by atoms with Gasteiger partial charge in [0.15, 0.2) is 5.84 Å². The van der Waals surface area contributed by atoms with Crippen LogP contribution in [-0.2, 0) is 0 Å². The fourth-order valence-corrected chi connectivity index (χ4v) is 0.972. The highest BCUT2D eigenvalue weighted by molar-refractivity contribution is 8.27. The quantitative estimate of drug-likeness (QED) is 0.643. The molecule has 3 nitrogen and oxygen atoms in total. The van der Waals surface area contributed by atoms with Gasteiger partial charge in [-0.25, -0.2) is 9.98 Å². The van der Waals surface area contributed by atoms with Gasteiger partial charge in [0.05, 0.1) is 5.55 Å². The van der Waals surface area contributed by atoms with Crippen LogP contribution in [0.4, 0.5) is 0 Å². The van der Waals surface area contributed by atoms with Crippen LogP contribution in [0.2, 0.25) is 0 Å². The van der Waals surface area contributed by atoms with Gasteiger partial charge in [0.25, 0.3) is 0 Å². The molecule has 60 valence electrons. The first kappa shape index (κ1) is 10.1. The van der Waals surface area contributed by atoms with Gasteiger partial charge in [0.1, 0.15) is 5.04 Å². The second kappa shape index (κ2) is 5.85. The van der Waals surface area contributed by atoms with Crippen molar-refractivity contribution in [3.05, 3.63) is 12.8 Å². The monoisotopic (exact) mass is 169 g/mol. The summed E-state index contributed by atoms with van der Waals surface area (Å²) >= 11 is 1.34.